The van der Waals surface area contributed by atoms with E-state index in [0.717, 1.165) is 0 Å². The van der Waals surface area contributed by atoms with Crippen molar-refractivity contribution in [1.82, 2.24) is 10.3 Å². The SMILES string of the molecule is CC(C)Oc1nc(NC2CNC(=O)C2)ccc1N. The van der Waals surface area contributed by atoms with Gasteiger partial charge in [0, 0.05) is 13.0 Å². The molecule has 2 rings (SSSR count). The fourth-order valence-electron chi connectivity index (χ4n) is 1.77. The highest BCUT2D eigenvalue weighted by atomic mass is 16.5. The number of amides is 1. The first-order valence-corrected chi connectivity index (χ1v) is 6.01. The van der Waals surface area contributed by atoms with Gasteiger partial charge >= 0.3 is 0 Å². The molecule has 98 valence electrons. The van der Waals surface area contributed by atoms with E-state index in [2.05, 4.69) is 15.6 Å². The van der Waals surface area contributed by atoms with Gasteiger partial charge in [0.15, 0.2) is 0 Å². The molecule has 1 saturated heterocycles. The predicted molar refractivity (Wildman–Crippen MR) is 69.5 cm³/mol. The van der Waals surface area contributed by atoms with Crippen molar-refractivity contribution in [3.63, 3.8) is 0 Å². The van der Waals surface area contributed by atoms with Gasteiger partial charge in [-0.3, -0.25) is 4.79 Å². The number of carbonyl (C=O) groups is 1. The number of nitrogens with one attached hydrogen (secondary N) is 2. The molecule has 0 spiro atoms. The number of pyridine rings is 1. The lowest BCUT2D eigenvalue weighted by atomic mass is 10.2. The molecule has 1 aromatic heterocycles. The third kappa shape index (κ3) is 3.03. The smallest absolute Gasteiger partial charge is 0.239 e. The van der Waals surface area contributed by atoms with Gasteiger partial charge in [-0.1, -0.05) is 0 Å². The summed E-state index contributed by atoms with van der Waals surface area (Å²) in [4.78, 5) is 15.4. The van der Waals surface area contributed by atoms with Gasteiger partial charge < -0.3 is 21.1 Å². The fourth-order valence-corrected chi connectivity index (χ4v) is 1.77. The molecule has 1 atom stereocenters. The highest BCUT2D eigenvalue weighted by molar-refractivity contribution is 5.79. The lowest BCUT2D eigenvalue weighted by molar-refractivity contribution is -0.119. The van der Waals surface area contributed by atoms with Gasteiger partial charge in [0.2, 0.25) is 11.8 Å². The standard InChI is InChI=1S/C12H18N4O2/c1-7(2)18-12-9(13)3-4-10(16-12)15-8-5-11(17)14-6-8/h3-4,7-8H,5-6,13H2,1-2H3,(H,14,17)(H,15,16). The molecule has 4 N–H and O–H groups in total. The lowest BCUT2D eigenvalue weighted by Gasteiger charge is -2.15. The molecule has 0 saturated carbocycles. The van der Waals surface area contributed by atoms with Gasteiger partial charge in [-0.2, -0.15) is 4.98 Å². The summed E-state index contributed by atoms with van der Waals surface area (Å²) in [5, 5.41) is 5.95. The summed E-state index contributed by atoms with van der Waals surface area (Å²) in [6.45, 7) is 4.45. The molecular weight excluding hydrogens is 232 g/mol. The molecule has 0 radical (unpaired) electrons. The van der Waals surface area contributed by atoms with Crippen molar-refractivity contribution in [2.45, 2.75) is 32.4 Å². The zero-order chi connectivity index (χ0) is 13.1. The Morgan fingerprint density at radius 3 is 2.94 bits per heavy atom. The van der Waals surface area contributed by atoms with Crippen molar-refractivity contribution in [2.24, 2.45) is 0 Å². The van der Waals surface area contributed by atoms with Crippen molar-refractivity contribution < 1.29 is 9.53 Å². The summed E-state index contributed by atoms with van der Waals surface area (Å²) >= 11 is 0. The molecule has 0 aromatic carbocycles. The summed E-state index contributed by atoms with van der Waals surface area (Å²) < 4.78 is 5.51. The third-order valence-corrected chi connectivity index (χ3v) is 2.57. The summed E-state index contributed by atoms with van der Waals surface area (Å²) in [6, 6.07) is 3.60. The van der Waals surface area contributed by atoms with E-state index in [-0.39, 0.29) is 18.1 Å². The first-order chi connectivity index (χ1) is 8.54. The molecule has 1 aromatic rings. The number of nitrogens with zero attached hydrogens (tertiary/aromatic N) is 1. The predicted octanol–water partition coefficient (Wildman–Crippen LogP) is 0.751. The van der Waals surface area contributed by atoms with E-state index in [0.29, 0.717) is 30.4 Å². The first kappa shape index (κ1) is 12.5. The van der Waals surface area contributed by atoms with Crippen LogP contribution in [-0.4, -0.2) is 29.6 Å². The average molecular weight is 250 g/mol. The minimum absolute atomic E-state index is 0.0183. The normalized spacial score (nSPS) is 18.8. The highest BCUT2D eigenvalue weighted by Gasteiger charge is 2.21. The Kier molecular flexibility index (Phi) is 3.55. The molecule has 0 aliphatic carbocycles. The second-order valence-electron chi connectivity index (χ2n) is 4.61. The molecule has 1 fully saturated rings. The molecule has 0 bridgehead atoms. The fraction of sp³-hybridized carbons (Fsp3) is 0.500. The Balaban J connectivity index is 2.06. The van der Waals surface area contributed by atoms with Gasteiger partial charge in [0.25, 0.3) is 0 Å². The zero-order valence-corrected chi connectivity index (χ0v) is 10.6. The highest BCUT2D eigenvalue weighted by Crippen LogP contribution is 2.22. The van der Waals surface area contributed by atoms with Crippen molar-refractivity contribution in [3.05, 3.63) is 12.1 Å². The van der Waals surface area contributed by atoms with Crippen LogP contribution in [0.4, 0.5) is 11.5 Å². The molecule has 1 aliphatic rings. The minimum Gasteiger partial charge on any atom is -0.473 e. The Hall–Kier alpha value is -1.98. The van der Waals surface area contributed by atoms with E-state index in [1.807, 2.05) is 13.8 Å². The second-order valence-corrected chi connectivity index (χ2v) is 4.61. The van der Waals surface area contributed by atoms with Crippen LogP contribution in [0.1, 0.15) is 20.3 Å². The van der Waals surface area contributed by atoms with Crippen LogP contribution in [0.5, 0.6) is 5.88 Å². The van der Waals surface area contributed by atoms with Gasteiger partial charge in [-0.25, -0.2) is 0 Å². The van der Waals surface area contributed by atoms with Gasteiger partial charge in [-0.05, 0) is 26.0 Å². The van der Waals surface area contributed by atoms with Crippen LogP contribution < -0.4 is 21.1 Å². The van der Waals surface area contributed by atoms with E-state index in [9.17, 15) is 4.79 Å². The summed E-state index contributed by atoms with van der Waals surface area (Å²) in [5.41, 5.74) is 6.30. The monoisotopic (exact) mass is 250 g/mol. The molecule has 1 aliphatic heterocycles. The largest absolute Gasteiger partial charge is 0.473 e. The summed E-state index contributed by atoms with van der Waals surface area (Å²) in [6.07, 6.45) is 0.483. The van der Waals surface area contributed by atoms with Gasteiger partial charge in [-0.15, -0.1) is 0 Å². The quantitative estimate of drug-likeness (QED) is 0.733. The molecule has 6 heteroatoms. The summed E-state index contributed by atoms with van der Waals surface area (Å²) in [5.74, 6) is 1.15. The topological polar surface area (TPSA) is 89.3 Å². The van der Waals surface area contributed by atoms with Crippen LogP contribution in [-0.2, 0) is 4.79 Å². The van der Waals surface area contributed by atoms with Crippen molar-refractivity contribution >= 4 is 17.4 Å². The number of anilines is 2. The Bertz CT molecular complexity index is 448. The minimum atomic E-state index is 0.0183. The lowest BCUT2D eigenvalue weighted by Crippen LogP contribution is -2.23. The van der Waals surface area contributed by atoms with Gasteiger partial charge in [0.1, 0.15) is 5.82 Å². The number of aromatic nitrogens is 1. The average Bonchev–Trinajstić information content (AvgIpc) is 2.68. The van der Waals surface area contributed by atoms with Crippen molar-refractivity contribution in [1.29, 1.82) is 0 Å². The first-order valence-electron chi connectivity index (χ1n) is 6.01. The third-order valence-electron chi connectivity index (χ3n) is 2.57. The number of hydrogen-bond acceptors (Lipinski definition) is 5. The van der Waals surface area contributed by atoms with Crippen molar-refractivity contribution in [3.8, 4) is 5.88 Å². The van der Waals surface area contributed by atoms with Crippen LogP contribution in [0.2, 0.25) is 0 Å². The molecular formula is C12H18N4O2. The number of hydrogen-bond donors (Lipinski definition) is 3. The Morgan fingerprint density at radius 1 is 1.56 bits per heavy atom. The molecule has 2 heterocycles. The van der Waals surface area contributed by atoms with E-state index in [4.69, 9.17) is 10.5 Å². The number of nitrogens with two attached hydrogens (primary N) is 1. The van der Waals surface area contributed by atoms with Crippen LogP contribution in [0, 0.1) is 0 Å². The van der Waals surface area contributed by atoms with Crippen LogP contribution >= 0.6 is 0 Å². The maximum atomic E-state index is 11.1. The van der Waals surface area contributed by atoms with Crippen LogP contribution in [0.15, 0.2) is 12.1 Å². The van der Waals surface area contributed by atoms with E-state index in [1.54, 1.807) is 12.1 Å². The van der Waals surface area contributed by atoms with Crippen LogP contribution in [0.25, 0.3) is 0 Å². The van der Waals surface area contributed by atoms with Gasteiger partial charge in [0.05, 0.1) is 17.8 Å². The Labute approximate surface area is 106 Å². The maximum absolute atomic E-state index is 11.1. The Morgan fingerprint density at radius 2 is 2.33 bits per heavy atom. The maximum Gasteiger partial charge on any atom is 0.239 e. The number of carbonyl (C=O) groups excluding carboxylic acids is 1. The molecule has 1 unspecified atom stereocenters. The van der Waals surface area contributed by atoms with Crippen molar-refractivity contribution in [2.75, 3.05) is 17.6 Å². The number of rotatable bonds is 4. The van der Waals surface area contributed by atoms with E-state index in [1.165, 1.54) is 0 Å². The molecule has 18 heavy (non-hydrogen) atoms. The molecule has 6 nitrogen and oxygen atoms in total. The summed E-state index contributed by atoms with van der Waals surface area (Å²) in [7, 11) is 0. The second kappa shape index (κ2) is 5.12. The van der Waals surface area contributed by atoms with Crippen LogP contribution in [0.3, 0.4) is 0 Å². The zero-order valence-electron chi connectivity index (χ0n) is 10.6. The number of ether oxygens (including phenoxy) is 1. The number of nitrogen functional groups attached to an aromatic ring is 1. The molecule has 1 amide bonds. The van der Waals surface area contributed by atoms with E-state index < -0.39 is 0 Å². The van der Waals surface area contributed by atoms with E-state index >= 15 is 0 Å².